The second-order valence-electron chi connectivity index (χ2n) is 7.29. The highest BCUT2D eigenvalue weighted by Gasteiger charge is 2.32. The van der Waals surface area contributed by atoms with Gasteiger partial charge in [-0.25, -0.2) is 4.79 Å². The molecule has 0 radical (unpaired) electrons. The standard InChI is InChI=1S/C22H27N3O3.ClH/c1-5-28-22(27)23-18-13-12-17-11-10-16-8-6-7-9-19(16)25(20(17)14-18)21(26)15(2)24(3)4;/h6-9,12-15H,5,10-11H2,1-4H3,(H,23,27);1H. The summed E-state index contributed by atoms with van der Waals surface area (Å²) < 4.78 is 4.98. The Morgan fingerprint density at radius 3 is 2.41 bits per heavy atom. The maximum Gasteiger partial charge on any atom is 0.411 e. The molecule has 1 unspecified atom stereocenters. The van der Waals surface area contributed by atoms with Crippen molar-refractivity contribution in [3.05, 3.63) is 53.6 Å². The lowest BCUT2D eigenvalue weighted by molar-refractivity contribution is -0.873. The second kappa shape index (κ2) is 9.76. The maximum absolute atomic E-state index is 13.4. The molecule has 1 aliphatic heterocycles. The predicted molar refractivity (Wildman–Crippen MR) is 110 cm³/mol. The van der Waals surface area contributed by atoms with Crippen LogP contribution < -0.4 is 27.5 Å². The van der Waals surface area contributed by atoms with Crippen LogP contribution in [0.1, 0.15) is 25.0 Å². The van der Waals surface area contributed by atoms with Gasteiger partial charge in [0, 0.05) is 5.69 Å². The van der Waals surface area contributed by atoms with Gasteiger partial charge in [-0.2, -0.15) is 0 Å². The molecule has 2 aromatic carbocycles. The van der Waals surface area contributed by atoms with Crippen LogP contribution in [0.15, 0.2) is 42.5 Å². The normalized spacial score (nSPS) is 13.5. The average molecular weight is 418 g/mol. The zero-order valence-corrected chi connectivity index (χ0v) is 18.0. The number of hydrogen-bond acceptors (Lipinski definition) is 3. The summed E-state index contributed by atoms with van der Waals surface area (Å²) in [4.78, 5) is 28.2. The van der Waals surface area contributed by atoms with Gasteiger partial charge in [-0.15, -0.1) is 0 Å². The molecule has 6 nitrogen and oxygen atoms in total. The van der Waals surface area contributed by atoms with Gasteiger partial charge in [-0.1, -0.05) is 24.3 Å². The minimum absolute atomic E-state index is 0. The molecule has 7 heteroatoms. The molecule has 156 valence electrons. The number of carbonyl (C=O) groups is 2. The molecule has 29 heavy (non-hydrogen) atoms. The third-order valence-electron chi connectivity index (χ3n) is 5.20. The van der Waals surface area contributed by atoms with Crippen LogP contribution in [0.3, 0.4) is 0 Å². The van der Waals surface area contributed by atoms with Crippen LogP contribution in [0, 0.1) is 0 Å². The van der Waals surface area contributed by atoms with Gasteiger partial charge >= 0.3 is 6.09 Å². The van der Waals surface area contributed by atoms with Crippen LogP contribution in [-0.4, -0.2) is 38.7 Å². The SMILES string of the molecule is CCOC(=O)Nc1ccc2c(c1)N(C(=O)C(C)[NH+](C)C)c1ccccc1CC2.[Cl-]. The Hall–Kier alpha value is -2.57. The van der Waals surface area contributed by atoms with Crippen LogP contribution >= 0.6 is 0 Å². The van der Waals surface area contributed by atoms with Crippen molar-refractivity contribution in [1.29, 1.82) is 0 Å². The van der Waals surface area contributed by atoms with E-state index >= 15 is 0 Å². The lowest BCUT2D eigenvalue weighted by atomic mass is 10.0. The first kappa shape index (κ1) is 22.7. The number of likely N-dealkylation sites (N-methyl/N-ethyl adjacent to an activating group) is 1. The summed E-state index contributed by atoms with van der Waals surface area (Å²) in [5, 5.41) is 2.74. The van der Waals surface area contributed by atoms with E-state index in [1.54, 1.807) is 6.92 Å². The van der Waals surface area contributed by atoms with Gasteiger partial charge in [0.1, 0.15) is 0 Å². The zero-order valence-electron chi connectivity index (χ0n) is 17.3. The lowest BCUT2D eigenvalue weighted by Crippen LogP contribution is -3.11. The summed E-state index contributed by atoms with van der Waals surface area (Å²) in [5.74, 6) is 0.0314. The minimum Gasteiger partial charge on any atom is -1.00 e. The molecule has 1 atom stereocenters. The number of rotatable bonds is 4. The molecule has 0 spiro atoms. The van der Waals surface area contributed by atoms with Gasteiger partial charge in [0.25, 0.3) is 5.91 Å². The Morgan fingerprint density at radius 1 is 1.10 bits per heavy atom. The van der Waals surface area contributed by atoms with Gasteiger partial charge in [-0.05, 0) is 56.0 Å². The van der Waals surface area contributed by atoms with Crippen LogP contribution in [-0.2, 0) is 22.4 Å². The minimum atomic E-state index is -0.500. The van der Waals surface area contributed by atoms with Crippen molar-refractivity contribution in [1.82, 2.24) is 0 Å². The number of benzene rings is 2. The predicted octanol–water partition coefficient (Wildman–Crippen LogP) is -0.445. The molecule has 3 rings (SSSR count). The molecule has 2 amide bonds. The second-order valence-corrected chi connectivity index (χ2v) is 7.29. The van der Waals surface area contributed by atoms with Crippen molar-refractivity contribution in [3.8, 4) is 0 Å². The molecule has 2 N–H and O–H groups in total. The van der Waals surface area contributed by atoms with Crippen molar-refractivity contribution in [2.45, 2.75) is 32.7 Å². The number of hydrogen-bond donors (Lipinski definition) is 2. The Balaban J connectivity index is 0.00000300. The van der Waals surface area contributed by atoms with E-state index in [4.69, 9.17) is 4.74 Å². The Bertz CT molecular complexity index is 885. The number of quaternary nitrogens is 1. The van der Waals surface area contributed by atoms with Gasteiger partial charge in [0.05, 0.1) is 32.1 Å². The fraction of sp³-hybridized carbons (Fsp3) is 0.364. The first-order valence-electron chi connectivity index (χ1n) is 9.71. The monoisotopic (exact) mass is 417 g/mol. The van der Waals surface area contributed by atoms with Crippen molar-refractivity contribution < 1.29 is 31.6 Å². The van der Waals surface area contributed by atoms with E-state index in [0.717, 1.165) is 40.2 Å². The molecule has 0 aromatic heterocycles. The highest BCUT2D eigenvalue weighted by molar-refractivity contribution is 6.05. The lowest BCUT2D eigenvalue weighted by Gasteiger charge is -2.29. The molecule has 1 aliphatic rings. The number of anilines is 3. The number of halogens is 1. The van der Waals surface area contributed by atoms with Gasteiger partial charge in [0.15, 0.2) is 6.04 Å². The average Bonchev–Trinajstić information content (AvgIpc) is 2.83. The van der Waals surface area contributed by atoms with Crippen molar-refractivity contribution >= 4 is 29.1 Å². The number of carbonyl (C=O) groups excluding carboxylic acids is 2. The highest BCUT2D eigenvalue weighted by atomic mass is 35.5. The molecule has 0 bridgehead atoms. The van der Waals surface area contributed by atoms with E-state index in [1.165, 1.54) is 0 Å². The summed E-state index contributed by atoms with van der Waals surface area (Å²) in [5.41, 5.74) is 4.57. The number of ether oxygens (including phenoxy) is 1. The van der Waals surface area contributed by atoms with Crippen LogP contribution in [0.4, 0.5) is 21.9 Å². The molecular formula is C22H28ClN3O3. The summed E-state index contributed by atoms with van der Waals surface area (Å²) in [6.07, 6.45) is 1.19. The Morgan fingerprint density at radius 2 is 1.76 bits per heavy atom. The van der Waals surface area contributed by atoms with E-state index in [0.29, 0.717) is 12.3 Å². The summed E-state index contributed by atoms with van der Waals surface area (Å²) in [7, 11) is 3.96. The first-order chi connectivity index (χ1) is 13.4. The molecule has 0 aliphatic carbocycles. The largest absolute Gasteiger partial charge is 1.00 e. The third kappa shape index (κ3) is 4.89. The third-order valence-corrected chi connectivity index (χ3v) is 5.20. The van der Waals surface area contributed by atoms with Gasteiger partial charge in [0.2, 0.25) is 0 Å². The van der Waals surface area contributed by atoms with E-state index in [9.17, 15) is 9.59 Å². The highest BCUT2D eigenvalue weighted by Crippen LogP contribution is 2.37. The smallest absolute Gasteiger partial charge is 0.411 e. The number of nitrogens with one attached hydrogen (secondary N) is 2. The van der Waals surface area contributed by atoms with E-state index in [2.05, 4.69) is 11.4 Å². The summed E-state index contributed by atoms with van der Waals surface area (Å²) in [6, 6.07) is 13.5. The summed E-state index contributed by atoms with van der Waals surface area (Å²) in [6.45, 7) is 4.00. The molecule has 1 heterocycles. The first-order valence-corrected chi connectivity index (χ1v) is 9.71. The number of amides is 2. The van der Waals surface area contributed by atoms with E-state index in [1.807, 2.05) is 62.3 Å². The number of fused-ring (bicyclic) bond motifs is 2. The molecular weight excluding hydrogens is 390 g/mol. The van der Waals surface area contributed by atoms with Gasteiger partial charge in [-0.3, -0.25) is 15.0 Å². The van der Waals surface area contributed by atoms with Crippen LogP contribution in [0.25, 0.3) is 0 Å². The Kier molecular flexibility index (Phi) is 7.65. The van der Waals surface area contributed by atoms with Crippen molar-refractivity contribution in [2.75, 3.05) is 30.9 Å². The van der Waals surface area contributed by atoms with E-state index in [-0.39, 0.29) is 24.4 Å². The van der Waals surface area contributed by atoms with Crippen molar-refractivity contribution in [3.63, 3.8) is 0 Å². The molecule has 0 saturated heterocycles. The van der Waals surface area contributed by atoms with E-state index < -0.39 is 6.09 Å². The molecule has 0 fully saturated rings. The number of para-hydroxylation sites is 1. The van der Waals surface area contributed by atoms with Gasteiger partial charge < -0.3 is 22.0 Å². The van der Waals surface area contributed by atoms with Crippen molar-refractivity contribution in [2.24, 2.45) is 0 Å². The number of aryl methyl sites for hydroxylation is 2. The summed E-state index contributed by atoms with van der Waals surface area (Å²) >= 11 is 0. The maximum atomic E-state index is 13.4. The van der Waals surface area contributed by atoms with Crippen LogP contribution in [0.2, 0.25) is 0 Å². The van der Waals surface area contributed by atoms with Crippen LogP contribution in [0.5, 0.6) is 0 Å². The Labute approximate surface area is 178 Å². The fourth-order valence-electron chi connectivity index (χ4n) is 3.36. The quantitative estimate of drug-likeness (QED) is 0.708. The molecule has 2 aromatic rings. The zero-order chi connectivity index (χ0) is 20.3. The topological polar surface area (TPSA) is 63.1 Å². The fourth-order valence-corrected chi connectivity index (χ4v) is 3.36. The number of nitrogens with zero attached hydrogens (tertiary/aromatic N) is 1. The molecule has 0 saturated carbocycles.